The number of carbonyl (C=O) groups excluding carboxylic acids is 1. The molecule has 2 rings (SSSR count). The zero-order valence-electron chi connectivity index (χ0n) is 11.1. The molecule has 0 unspecified atom stereocenters. The smallest absolute Gasteiger partial charge is 0.262 e. The minimum absolute atomic E-state index is 0.120. The molecular formula is C15H14FNO3. The van der Waals surface area contributed by atoms with E-state index in [2.05, 4.69) is 5.32 Å². The molecule has 2 aromatic carbocycles. The maximum absolute atomic E-state index is 13.7. The Hall–Kier alpha value is -2.56. The Kier molecular flexibility index (Phi) is 4.20. The van der Waals surface area contributed by atoms with Crippen LogP contribution in [0.3, 0.4) is 0 Å². The number of anilines is 1. The summed E-state index contributed by atoms with van der Waals surface area (Å²) in [5, 5.41) is 2.61. The molecule has 4 nitrogen and oxygen atoms in total. The quantitative estimate of drug-likeness (QED) is 0.932. The van der Waals surface area contributed by atoms with Crippen LogP contribution in [0.4, 0.5) is 10.1 Å². The number of hydrogen-bond acceptors (Lipinski definition) is 3. The minimum Gasteiger partial charge on any atom is -0.497 e. The number of benzene rings is 2. The Bertz CT molecular complexity index is 611. The van der Waals surface area contributed by atoms with Gasteiger partial charge in [-0.05, 0) is 36.4 Å². The van der Waals surface area contributed by atoms with Crippen LogP contribution in [-0.2, 0) is 0 Å². The molecule has 0 fully saturated rings. The third-order valence-corrected chi connectivity index (χ3v) is 2.77. The molecule has 0 aliphatic carbocycles. The van der Waals surface area contributed by atoms with Gasteiger partial charge in [-0.15, -0.1) is 0 Å². The van der Waals surface area contributed by atoms with E-state index in [-0.39, 0.29) is 11.3 Å². The largest absolute Gasteiger partial charge is 0.497 e. The molecule has 0 saturated carbocycles. The summed E-state index contributed by atoms with van der Waals surface area (Å²) < 4.78 is 23.8. The van der Waals surface area contributed by atoms with E-state index in [1.807, 2.05) is 0 Å². The van der Waals surface area contributed by atoms with Gasteiger partial charge in [-0.3, -0.25) is 4.79 Å². The average Bonchev–Trinajstić information content (AvgIpc) is 2.47. The molecule has 20 heavy (non-hydrogen) atoms. The van der Waals surface area contributed by atoms with E-state index < -0.39 is 11.7 Å². The van der Waals surface area contributed by atoms with Gasteiger partial charge in [0.15, 0.2) is 0 Å². The second-order valence-electron chi connectivity index (χ2n) is 4.00. The summed E-state index contributed by atoms with van der Waals surface area (Å²) in [6.07, 6.45) is 0. The zero-order valence-corrected chi connectivity index (χ0v) is 11.1. The second kappa shape index (κ2) is 6.06. The molecule has 1 N–H and O–H groups in total. The van der Waals surface area contributed by atoms with E-state index in [4.69, 9.17) is 9.47 Å². The number of ether oxygens (including phenoxy) is 2. The van der Waals surface area contributed by atoms with Crippen molar-refractivity contribution in [3.05, 3.63) is 53.8 Å². The van der Waals surface area contributed by atoms with E-state index in [1.165, 1.54) is 25.3 Å². The molecule has 0 spiro atoms. The molecule has 0 aliphatic rings. The summed E-state index contributed by atoms with van der Waals surface area (Å²) in [5.74, 6) is -0.331. The van der Waals surface area contributed by atoms with Crippen molar-refractivity contribution in [2.75, 3.05) is 19.5 Å². The second-order valence-corrected chi connectivity index (χ2v) is 4.00. The van der Waals surface area contributed by atoms with Crippen LogP contribution in [0.2, 0.25) is 0 Å². The summed E-state index contributed by atoms with van der Waals surface area (Å²) in [5.41, 5.74) is 0.423. The molecule has 1 amide bonds. The lowest BCUT2D eigenvalue weighted by Crippen LogP contribution is -2.15. The standard InChI is InChI=1S/C15H14FNO3/c1-19-11-8-6-10(7-9-11)17-15(18)14-12(16)4-3-5-13(14)20-2/h3-9H,1-2H3,(H,17,18). The van der Waals surface area contributed by atoms with E-state index in [0.29, 0.717) is 11.4 Å². The van der Waals surface area contributed by atoms with Gasteiger partial charge < -0.3 is 14.8 Å². The molecular weight excluding hydrogens is 261 g/mol. The van der Waals surface area contributed by atoms with Crippen molar-refractivity contribution >= 4 is 11.6 Å². The minimum atomic E-state index is -0.629. The first kappa shape index (κ1) is 13.9. The van der Waals surface area contributed by atoms with Gasteiger partial charge in [0.05, 0.1) is 14.2 Å². The van der Waals surface area contributed by atoms with E-state index in [0.717, 1.165) is 0 Å². The van der Waals surface area contributed by atoms with Gasteiger partial charge >= 0.3 is 0 Å². The number of amides is 1. The molecule has 0 radical (unpaired) electrons. The fourth-order valence-corrected chi connectivity index (χ4v) is 1.76. The van der Waals surface area contributed by atoms with Gasteiger partial charge in [0.2, 0.25) is 0 Å². The fourth-order valence-electron chi connectivity index (χ4n) is 1.76. The number of rotatable bonds is 4. The lowest BCUT2D eigenvalue weighted by Gasteiger charge is -2.10. The number of methoxy groups -OCH3 is 2. The first-order chi connectivity index (χ1) is 9.65. The summed E-state index contributed by atoms with van der Waals surface area (Å²) in [7, 11) is 2.94. The highest BCUT2D eigenvalue weighted by atomic mass is 19.1. The van der Waals surface area contributed by atoms with Gasteiger partial charge in [0.25, 0.3) is 5.91 Å². The van der Waals surface area contributed by atoms with Crippen LogP contribution >= 0.6 is 0 Å². The maximum Gasteiger partial charge on any atom is 0.262 e. The lowest BCUT2D eigenvalue weighted by molar-refractivity contribution is 0.102. The highest BCUT2D eigenvalue weighted by molar-refractivity contribution is 6.06. The molecule has 0 bridgehead atoms. The number of hydrogen-bond donors (Lipinski definition) is 1. The Labute approximate surface area is 116 Å². The van der Waals surface area contributed by atoms with Crippen LogP contribution in [0.15, 0.2) is 42.5 Å². The lowest BCUT2D eigenvalue weighted by atomic mass is 10.1. The molecule has 0 aromatic heterocycles. The van der Waals surface area contributed by atoms with Crippen molar-refractivity contribution < 1.29 is 18.7 Å². The Balaban J connectivity index is 2.23. The average molecular weight is 275 g/mol. The van der Waals surface area contributed by atoms with Gasteiger partial charge in [-0.1, -0.05) is 6.07 Å². The first-order valence-corrected chi connectivity index (χ1v) is 5.93. The van der Waals surface area contributed by atoms with Crippen LogP contribution < -0.4 is 14.8 Å². The van der Waals surface area contributed by atoms with Crippen molar-refractivity contribution in [3.8, 4) is 11.5 Å². The predicted octanol–water partition coefficient (Wildman–Crippen LogP) is 3.10. The normalized spacial score (nSPS) is 9.95. The highest BCUT2D eigenvalue weighted by Gasteiger charge is 2.17. The molecule has 0 heterocycles. The van der Waals surface area contributed by atoms with Crippen LogP contribution in [0, 0.1) is 5.82 Å². The van der Waals surface area contributed by atoms with E-state index in [9.17, 15) is 9.18 Å². The topological polar surface area (TPSA) is 47.6 Å². The molecule has 104 valence electrons. The van der Waals surface area contributed by atoms with Crippen molar-refractivity contribution in [1.29, 1.82) is 0 Å². The summed E-state index contributed by atoms with van der Waals surface area (Å²) in [4.78, 5) is 12.1. The van der Waals surface area contributed by atoms with Gasteiger partial charge in [-0.25, -0.2) is 4.39 Å². The molecule has 0 atom stereocenters. The van der Waals surface area contributed by atoms with Gasteiger partial charge in [-0.2, -0.15) is 0 Å². The number of carbonyl (C=O) groups is 1. The monoisotopic (exact) mass is 275 g/mol. The van der Waals surface area contributed by atoms with Crippen LogP contribution in [0.25, 0.3) is 0 Å². The fraction of sp³-hybridized carbons (Fsp3) is 0.133. The van der Waals surface area contributed by atoms with Crippen molar-refractivity contribution in [2.45, 2.75) is 0 Å². The highest BCUT2D eigenvalue weighted by Crippen LogP contribution is 2.23. The zero-order chi connectivity index (χ0) is 14.5. The maximum atomic E-state index is 13.7. The molecule has 2 aromatic rings. The Morgan fingerprint density at radius 1 is 1.05 bits per heavy atom. The van der Waals surface area contributed by atoms with Gasteiger partial charge in [0, 0.05) is 5.69 Å². The van der Waals surface area contributed by atoms with Crippen molar-refractivity contribution in [2.24, 2.45) is 0 Å². The van der Waals surface area contributed by atoms with Crippen LogP contribution in [-0.4, -0.2) is 20.1 Å². The van der Waals surface area contributed by atoms with E-state index in [1.54, 1.807) is 31.4 Å². The molecule has 0 saturated heterocycles. The number of halogens is 1. The Morgan fingerprint density at radius 2 is 1.75 bits per heavy atom. The SMILES string of the molecule is COc1ccc(NC(=O)c2c(F)cccc2OC)cc1. The summed E-state index contributed by atoms with van der Waals surface area (Å²) >= 11 is 0. The Morgan fingerprint density at radius 3 is 2.35 bits per heavy atom. The first-order valence-electron chi connectivity index (χ1n) is 5.93. The summed E-state index contributed by atoms with van der Waals surface area (Å²) in [6, 6.07) is 11.0. The van der Waals surface area contributed by atoms with Crippen LogP contribution in [0.5, 0.6) is 11.5 Å². The molecule has 5 heteroatoms. The van der Waals surface area contributed by atoms with Gasteiger partial charge in [0.1, 0.15) is 22.9 Å². The van der Waals surface area contributed by atoms with E-state index >= 15 is 0 Å². The third-order valence-electron chi connectivity index (χ3n) is 2.77. The van der Waals surface area contributed by atoms with Crippen LogP contribution in [0.1, 0.15) is 10.4 Å². The summed E-state index contributed by atoms with van der Waals surface area (Å²) in [6.45, 7) is 0. The van der Waals surface area contributed by atoms with Crippen molar-refractivity contribution in [3.63, 3.8) is 0 Å². The number of nitrogens with one attached hydrogen (secondary N) is 1. The van der Waals surface area contributed by atoms with Crippen molar-refractivity contribution in [1.82, 2.24) is 0 Å². The third kappa shape index (κ3) is 2.88. The predicted molar refractivity (Wildman–Crippen MR) is 73.9 cm³/mol. The molecule has 0 aliphatic heterocycles.